The Morgan fingerprint density at radius 1 is 0.879 bits per heavy atom. The molecule has 0 atom stereocenters. The minimum atomic E-state index is -0.374. The van der Waals surface area contributed by atoms with Crippen molar-refractivity contribution in [2.45, 2.75) is 38.5 Å². The Bertz CT molecular complexity index is 1250. The van der Waals surface area contributed by atoms with E-state index >= 15 is 0 Å². The Balaban J connectivity index is 1.73. The lowest BCUT2D eigenvalue weighted by Crippen LogP contribution is -2.32. The zero-order chi connectivity index (χ0) is 23.7. The van der Waals surface area contributed by atoms with Crippen LogP contribution < -0.4 is 10.2 Å². The molecule has 0 aromatic heterocycles. The van der Waals surface area contributed by atoms with Crippen LogP contribution in [-0.4, -0.2) is 11.8 Å². The van der Waals surface area contributed by atoms with Crippen LogP contribution in [0, 0.1) is 13.8 Å². The molecule has 33 heavy (non-hydrogen) atoms. The number of hydrogen-bond acceptors (Lipinski definition) is 4. The number of thioether (sulfide) groups is 1. The summed E-state index contributed by atoms with van der Waals surface area (Å²) in [5.41, 5.74) is 4.72. The van der Waals surface area contributed by atoms with Crippen molar-refractivity contribution in [2.24, 2.45) is 0 Å². The fourth-order valence-corrected chi connectivity index (χ4v) is 4.74. The number of anilines is 2. The minimum Gasteiger partial charge on any atom is -0.350 e. The van der Waals surface area contributed by atoms with Crippen LogP contribution in [0.5, 0.6) is 0 Å². The molecular weight excluding hydrogens is 452 g/mol. The largest absolute Gasteiger partial charge is 0.350 e. The van der Waals surface area contributed by atoms with Crippen molar-refractivity contribution in [1.29, 1.82) is 0 Å². The first-order valence-electron chi connectivity index (χ1n) is 10.8. The average Bonchev–Trinajstić information content (AvgIpc) is 3.01. The number of carbonyl (C=O) groups excluding carboxylic acids is 2. The summed E-state index contributed by atoms with van der Waals surface area (Å²) < 4.78 is 0. The predicted octanol–water partition coefficient (Wildman–Crippen LogP) is 7.07. The Morgan fingerprint density at radius 2 is 1.55 bits per heavy atom. The van der Waals surface area contributed by atoms with Gasteiger partial charge in [-0.1, -0.05) is 67.0 Å². The SMILES string of the molecule is Cc1ccc(SC2=C(Nc3ccc(Cl)cc3C)C(=O)N(c3ccc(C(C)C)cc3)C2=O)cc1. The molecule has 3 aromatic carbocycles. The van der Waals surface area contributed by atoms with Gasteiger partial charge in [-0.15, -0.1) is 0 Å². The number of rotatable bonds is 6. The van der Waals surface area contributed by atoms with Gasteiger partial charge >= 0.3 is 0 Å². The highest BCUT2D eigenvalue weighted by Gasteiger charge is 2.40. The van der Waals surface area contributed by atoms with Gasteiger partial charge in [0.05, 0.1) is 5.69 Å². The first-order valence-corrected chi connectivity index (χ1v) is 11.9. The number of nitrogens with one attached hydrogen (secondary N) is 1. The molecule has 1 N–H and O–H groups in total. The van der Waals surface area contributed by atoms with E-state index in [1.165, 1.54) is 16.7 Å². The zero-order valence-electron chi connectivity index (χ0n) is 19.0. The molecule has 4 rings (SSSR count). The van der Waals surface area contributed by atoms with Crippen molar-refractivity contribution in [1.82, 2.24) is 0 Å². The monoisotopic (exact) mass is 476 g/mol. The van der Waals surface area contributed by atoms with Gasteiger partial charge in [0.25, 0.3) is 11.8 Å². The van der Waals surface area contributed by atoms with Gasteiger partial charge in [0.15, 0.2) is 0 Å². The van der Waals surface area contributed by atoms with Gasteiger partial charge in [0, 0.05) is 15.6 Å². The summed E-state index contributed by atoms with van der Waals surface area (Å²) in [5.74, 6) is -0.349. The highest BCUT2D eigenvalue weighted by molar-refractivity contribution is 8.04. The van der Waals surface area contributed by atoms with Gasteiger partial charge in [0.1, 0.15) is 10.6 Å². The third kappa shape index (κ3) is 4.85. The molecule has 1 aliphatic rings. The molecule has 0 spiro atoms. The van der Waals surface area contributed by atoms with Crippen LogP contribution in [0.4, 0.5) is 11.4 Å². The number of aryl methyl sites for hydroxylation is 2. The Kier molecular flexibility index (Phi) is 6.63. The number of imide groups is 1. The van der Waals surface area contributed by atoms with E-state index in [0.29, 0.717) is 21.5 Å². The molecule has 0 saturated heterocycles. The maximum absolute atomic E-state index is 13.5. The van der Waals surface area contributed by atoms with Gasteiger partial charge in [-0.25, -0.2) is 4.90 Å². The average molecular weight is 477 g/mol. The molecule has 1 aliphatic heterocycles. The quantitative estimate of drug-likeness (QED) is 0.386. The fraction of sp³-hybridized carbons (Fsp3) is 0.185. The number of amides is 2. The second-order valence-corrected chi connectivity index (χ2v) is 9.92. The van der Waals surface area contributed by atoms with Crippen molar-refractivity contribution in [2.75, 3.05) is 10.2 Å². The lowest BCUT2D eigenvalue weighted by Gasteiger charge is -2.17. The third-order valence-corrected chi connectivity index (χ3v) is 6.87. The summed E-state index contributed by atoms with van der Waals surface area (Å²) in [7, 11) is 0. The van der Waals surface area contributed by atoms with Gasteiger partial charge < -0.3 is 5.32 Å². The van der Waals surface area contributed by atoms with E-state index in [9.17, 15) is 9.59 Å². The van der Waals surface area contributed by atoms with Gasteiger partial charge in [-0.3, -0.25) is 9.59 Å². The Hall–Kier alpha value is -3.02. The predicted molar refractivity (Wildman–Crippen MR) is 137 cm³/mol. The first-order chi connectivity index (χ1) is 15.7. The second-order valence-electron chi connectivity index (χ2n) is 8.40. The minimum absolute atomic E-state index is 0.268. The molecule has 3 aromatic rings. The van der Waals surface area contributed by atoms with Gasteiger partial charge in [0.2, 0.25) is 0 Å². The van der Waals surface area contributed by atoms with Crippen LogP contribution in [0.2, 0.25) is 5.02 Å². The molecule has 0 bridgehead atoms. The maximum atomic E-state index is 13.5. The van der Waals surface area contributed by atoms with Crippen LogP contribution in [0.3, 0.4) is 0 Å². The van der Waals surface area contributed by atoms with Crippen LogP contribution in [-0.2, 0) is 9.59 Å². The van der Waals surface area contributed by atoms with E-state index in [0.717, 1.165) is 27.3 Å². The number of halogens is 1. The van der Waals surface area contributed by atoms with Crippen molar-refractivity contribution in [3.8, 4) is 0 Å². The lowest BCUT2D eigenvalue weighted by atomic mass is 10.0. The molecule has 6 heteroatoms. The Labute approximate surface area is 203 Å². The number of benzene rings is 3. The van der Waals surface area contributed by atoms with Crippen LogP contribution in [0.25, 0.3) is 0 Å². The summed E-state index contributed by atoms with van der Waals surface area (Å²) in [6.45, 7) is 8.13. The standard InChI is InChI=1S/C27H25ClN2O2S/c1-16(2)19-7-10-21(11-8-19)30-26(31)24(29-23-14-9-20(28)15-18(23)4)25(27(30)32)33-22-12-5-17(3)6-13-22/h5-16,29H,1-4H3. The molecule has 0 radical (unpaired) electrons. The van der Waals surface area contributed by atoms with Crippen LogP contribution >= 0.6 is 23.4 Å². The van der Waals surface area contributed by atoms with E-state index < -0.39 is 0 Å². The highest BCUT2D eigenvalue weighted by Crippen LogP contribution is 2.38. The van der Waals surface area contributed by atoms with Crippen molar-refractivity contribution in [3.05, 3.63) is 99.0 Å². The maximum Gasteiger partial charge on any atom is 0.283 e. The van der Waals surface area contributed by atoms with Crippen LogP contribution in [0.15, 0.2) is 82.2 Å². The topological polar surface area (TPSA) is 49.4 Å². The second kappa shape index (κ2) is 9.46. The summed E-state index contributed by atoms with van der Waals surface area (Å²) in [6.07, 6.45) is 0. The van der Waals surface area contributed by atoms with Crippen molar-refractivity contribution < 1.29 is 9.59 Å². The molecule has 4 nitrogen and oxygen atoms in total. The van der Waals surface area contributed by atoms with Crippen LogP contribution in [0.1, 0.15) is 36.5 Å². The number of carbonyl (C=O) groups is 2. The lowest BCUT2D eigenvalue weighted by molar-refractivity contribution is -0.120. The van der Waals surface area contributed by atoms with Crippen molar-refractivity contribution >= 4 is 46.6 Å². The molecule has 1 heterocycles. The van der Waals surface area contributed by atoms with E-state index in [-0.39, 0.29) is 17.5 Å². The molecular formula is C27H25ClN2O2S. The smallest absolute Gasteiger partial charge is 0.283 e. The Morgan fingerprint density at radius 3 is 2.15 bits per heavy atom. The molecule has 0 fully saturated rings. The van der Waals surface area contributed by atoms with Gasteiger partial charge in [-0.05, 0) is 73.4 Å². The van der Waals surface area contributed by atoms with Crippen molar-refractivity contribution in [3.63, 3.8) is 0 Å². The molecule has 168 valence electrons. The fourth-order valence-electron chi connectivity index (χ4n) is 3.58. The molecule has 0 saturated carbocycles. The number of hydrogen-bond donors (Lipinski definition) is 1. The number of nitrogens with zero attached hydrogens (tertiary/aromatic N) is 1. The first kappa shape index (κ1) is 23.1. The zero-order valence-corrected chi connectivity index (χ0v) is 20.6. The normalized spacial score (nSPS) is 13.9. The summed E-state index contributed by atoms with van der Waals surface area (Å²) in [5, 5.41) is 3.83. The molecule has 0 aliphatic carbocycles. The van der Waals surface area contributed by atoms with E-state index in [1.54, 1.807) is 6.07 Å². The van der Waals surface area contributed by atoms with E-state index in [2.05, 4.69) is 19.2 Å². The highest BCUT2D eigenvalue weighted by atomic mass is 35.5. The molecule has 0 unspecified atom stereocenters. The summed E-state index contributed by atoms with van der Waals surface area (Å²) in [6, 6.07) is 20.9. The van der Waals surface area contributed by atoms with E-state index in [4.69, 9.17) is 11.6 Å². The van der Waals surface area contributed by atoms with E-state index in [1.807, 2.05) is 74.5 Å². The summed E-state index contributed by atoms with van der Waals surface area (Å²) >= 11 is 7.39. The molecule has 2 amide bonds. The summed E-state index contributed by atoms with van der Waals surface area (Å²) in [4.78, 5) is 29.5. The third-order valence-electron chi connectivity index (χ3n) is 5.55. The van der Waals surface area contributed by atoms with Gasteiger partial charge in [-0.2, -0.15) is 0 Å².